The Morgan fingerprint density at radius 1 is 0.968 bits per heavy atom. The van der Waals surface area contributed by atoms with Crippen molar-refractivity contribution in [2.45, 2.75) is 46.2 Å². The third kappa shape index (κ3) is 6.31. The lowest BCUT2D eigenvalue weighted by molar-refractivity contribution is -0.119. The minimum absolute atomic E-state index is 0.237. The van der Waals surface area contributed by atoms with Crippen LogP contribution in [0.1, 0.15) is 41.5 Å². The minimum atomic E-state index is -3.60. The van der Waals surface area contributed by atoms with Gasteiger partial charge in [-0.3, -0.25) is 14.0 Å². The predicted octanol–water partition coefficient (Wildman–Crippen LogP) is 3.37. The van der Waals surface area contributed by atoms with Crippen LogP contribution in [0.5, 0.6) is 0 Å². The molecule has 0 aliphatic carbocycles. The zero-order chi connectivity index (χ0) is 22.4. The van der Waals surface area contributed by atoms with E-state index in [2.05, 4.69) is 16.3 Å². The Labute approximate surface area is 186 Å². The van der Waals surface area contributed by atoms with E-state index < -0.39 is 10.0 Å². The number of piperidine rings is 1. The van der Waals surface area contributed by atoms with Gasteiger partial charge in [0.05, 0.1) is 11.9 Å². The van der Waals surface area contributed by atoms with Crippen molar-refractivity contribution >= 4 is 21.6 Å². The Morgan fingerprint density at radius 3 is 2.19 bits per heavy atom. The molecule has 1 aliphatic rings. The average molecular weight is 444 g/mol. The van der Waals surface area contributed by atoms with Gasteiger partial charge in [-0.15, -0.1) is 0 Å². The molecule has 0 radical (unpaired) electrons. The molecule has 0 saturated carbocycles. The SMILES string of the molecule is Cc1cccc(C)c1N(CC(=O)NCc1ccccc1CN1CCCCC1)S(C)(=O)=O. The molecular formula is C24H33N3O3S. The zero-order valence-corrected chi connectivity index (χ0v) is 19.5. The van der Waals surface area contributed by atoms with Crippen molar-refractivity contribution in [2.75, 3.05) is 30.2 Å². The molecule has 2 aromatic carbocycles. The lowest BCUT2D eigenvalue weighted by Gasteiger charge is -2.27. The van der Waals surface area contributed by atoms with Gasteiger partial charge in [0.1, 0.15) is 6.54 Å². The predicted molar refractivity (Wildman–Crippen MR) is 126 cm³/mol. The molecule has 0 bridgehead atoms. The summed E-state index contributed by atoms with van der Waals surface area (Å²) >= 11 is 0. The number of rotatable bonds is 8. The number of sulfonamides is 1. The van der Waals surface area contributed by atoms with Crippen LogP contribution in [0.2, 0.25) is 0 Å². The zero-order valence-electron chi connectivity index (χ0n) is 18.7. The van der Waals surface area contributed by atoms with Crippen LogP contribution in [0.3, 0.4) is 0 Å². The highest BCUT2D eigenvalue weighted by atomic mass is 32.2. The summed E-state index contributed by atoms with van der Waals surface area (Å²) in [6.45, 7) is 6.96. The molecule has 3 rings (SSSR count). The highest BCUT2D eigenvalue weighted by Crippen LogP contribution is 2.26. The number of para-hydroxylation sites is 1. The van der Waals surface area contributed by atoms with Gasteiger partial charge in [0.15, 0.2) is 0 Å². The van der Waals surface area contributed by atoms with Crippen molar-refractivity contribution in [3.63, 3.8) is 0 Å². The Morgan fingerprint density at radius 2 is 1.58 bits per heavy atom. The van der Waals surface area contributed by atoms with E-state index in [9.17, 15) is 13.2 Å². The van der Waals surface area contributed by atoms with Crippen molar-refractivity contribution in [1.82, 2.24) is 10.2 Å². The van der Waals surface area contributed by atoms with Crippen LogP contribution in [0.15, 0.2) is 42.5 Å². The number of carbonyl (C=O) groups excluding carboxylic acids is 1. The van der Waals surface area contributed by atoms with Gasteiger partial charge in [0.2, 0.25) is 15.9 Å². The number of nitrogens with one attached hydrogen (secondary N) is 1. The number of hydrogen-bond donors (Lipinski definition) is 1. The summed E-state index contributed by atoms with van der Waals surface area (Å²) in [5.41, 5.74) is 4.50. The molecule has 1 heterocycles. The molecule has 7 heteroatoms. The van der Waals surface area contributed by atoms with E-state index in [4.69, 9.17) is 0 Å². The number of nitrogens with zero attached hydrogens (tertiary/aromatic N) is 2. The fourth-order valence-electron chi connectivity index (χ4n) is 4.18. The van der Waals surface area contributed by atoms with Gasteiger partial charge in [-0.2, -0.15) is 0 Å². The summed E-state index contributed by atoms with van der Waals surface area (Å²) in [5, 5.41) is 2.92. The van der Waals surface area contributed by atoms with Gasteiger partial charge in [-0.05, 0) is 62.0 Å². The molecule has 0 unspecified atom stereocenters. The Kier molecular flexibility index (Phi) is 7.73. The van der Waals surface area contributed by atoms with Gasteiger partial charge in [0, 0.05) is 13.1 Å². The van der Waals surface area contributed by atoms with Crippen LogP contribution in [-0.4, -0.2) is 45.1 Å². The van der Waals surface area contributed by atoms with Gasteiger partial charge < -0.3 is 5.32 Å². The molecule has 1 amide bonds. The third-order valence-electron chi connectivity index (χ3n) is 5.81. The summed E-state index contributed by atoms with van der Waals surface area (Å²) in [5.74, 6) is -0.319. The van der Waals surface area contributed by atoms with Crippen LogP contribution in [0.4, 0.5) is 5.69 Å². The number of aryl methyl sites for hydroxylation is 2. The number of likely N-dealkylation sites (tertiary alicyclic amines) is 1. The summed E-state index contributed by atoms with van der Waals surface area (Å²) in [6.07, 6.45) is 4.91. The minimum Gasteiger partial charge on any atom is -0.350 e. The number of amides is 1. The van der Waals surface area contributed by atoms with Gasteiger partial charge in [0.25, 0.3) is 0 Å². The Hall–Kier alpha value is -2.38. The molecule has 6 nitrogen and oxygen atoms in total. The molecule has 1 saturated heterocycles. The topological polar surface area (TPSA) is 69.7 Å². The second-order valence-corrected chi connectivity index (χ2v) is 10.3. The fourth-order valence-corrected chi connectivity index (χ4v) is 5.16. The molecule has 1 fully saturated rings. The molecule has 1 aliphatic heterocycles. The first kappa shape index (κ1) is 23.3. The third-order valence-corrected chi connectivity index (χ3v) is 6.93. The summed E-state index contributed by atoms with van der Waals surface area (Å²) in [4.78, 5) is 15.2. The van der Waals surface area contributed by atoms with Crippen molar-refractivity contribution < 1.29 is 13.2 Å². The molecule has 0 spiro atoms. The number of anilines is 1. The Bertz CT molecular complexity index is 994. The second kappa shape index (κ2) is 10.3. The lowest BCUT2D eigenvalue weighted by Crippen LogP contribution is -2.41. The van der Waals surface area contributed by atoms with E-state index in [-0.39, 0.29) is 12.5 Å². The molecule has 0 aromatic heterocycles. The smallest absolute Gasteiger partial charge is 0.241 e. The second-order valence-electron chi connectivity index (χ2n) is 8.39. The largest absolute Gasteiger partial charge is 0.350 e. The summed E-state index contributed by atoms with van der Waals surface area (Å²) in [6, 6.07) is 13.7. The summed E-state index contributed by atoms with van der Waals surface area (Å²) in [7, 11) is -3.60. The quantitative estimate of drug-likeness (QED) is 0.679. The van der Waals surface area contributed by atoms with E-state index in [1.54, 1.807) is 0 Å². The van der Waals surface area contributed by atoms with E-state index >= 15 is 0 Å². The van der Waals surface area contributed by atoms with Gasteiger partial charge >= 0.3 is 0 Å². The van der Waals surface area contributed by atoms with Crippen molar-refractivity contribution in [1.29, 1.82) is 0 Å². The first-order valence-electron chi connectivity index (χ1n) is 10.9. The van der Waals surface area contributed by atoms with Gasteiger partial charge in [-0.1, -0.05) is 48.9 Å². The fraction of sp³-hybridized carbons (Fsp3) is 0.458. The Balaban J connectivity index is 1.69. The van der Waals surface area contributed by atoms with Gasteiger partial charge in [-0.25, -0.2) is 8.42 Å². The first-order chi connectivity index (χ1) is 14.8. The van der Waals surface area contributed by atoms with E-state index in [0.29, 0.717) is 12.2 Å². The van der Waals surface area contributed by atoms with Crippen LogP contribution >= 0.6 is 0 Å². The molecular weight excluding hydrogens is 410 g/mol. The molecule has 31 heavy (non-hydrogen) atoms. The van der Waals surface area contributed by atoms with E-state index in [0.717, 1.165) is 42.6 Å². The first-order valence-corrected chi connectivity index (χ1v) is 12.7. The van der Waals surface area contributed by atoms with E-state index in [1.807, 2.05) is 50.2 Å². The maximum Gasteiger partial charge on any atom is 0.241 e. The molecule has 0 atom stereocenters. The maximum absolute atomic E-state index is 12.7. The average Bonchev–Trinajstić information content (AvgIpc) is 2.72. The van der Waals surface area contributed by atoms with Crippen LogP contribution < -0.4 is 9.62 Å². The maximum atomic E-state index is 12.7. The normalized spacial score (nSPS) is 14.9. The van der Waals surface area contributed by atoms with Crippen molar-refractivity contribution in [3.05, 3.63) is 64.7 Å². The van der Waals surface area contributed by atoms with Crippen LogP contribution in [0.25, 0.3) is 0 Å². The monoisotopic (exact) mass is 443 g/mol. The standard InChI is InChI=1S/C24H33N3O3S/c1-19-10-9-11-20(2)24(19)27(31(3,29)30)18-23(28)25-16-21-12-5-6-13-22(21)17-26-14-7-4-8-15-26/h5-6,9-13H,4,7-8,14-18H2,1-3H3,(H,25,28). The van der Waals surface area contributed by atoms with Crippen LogP contribution in [0, 0.1) is 13.8 Å². The highest BCUT2D eigenvalue weighted by Gasteiger charge is 2.24. The number of benzene rings is 2. The lowest BCUT2D eigenvalue weighted by atomic mass is 10.0. The van der Waals surface area contributed by atoms with Crippen LogP contribution in [-0.2, 0) is 27.9 Å². The van der Waals surface area contributed by atoms with E-state index in [1.165, 1.54) is 29.1 Å². The number of carbonyl (C=O) groups is 1. The molecule has 1 N–H and O–H groups in total. The molecule has 168 valence electrons. The number of hydrogen-bond acceptors (Lipinski definition) is 4. The molecule has 2 aromatic rings. The van der Waals surface area contributed by atoms with Crippen molar-refractivity contribution in [2.24, 2.45) is 0 Å². The highest BCUT2D eigenvalue weighted by molar-refractivity contribution is 7.92. The van der Waals surface area contributed by atoms with Crippen molar-refractivity contribution in [3.8, 4) is 0 Å². The summed E-state index contributed by atoms with van der Waals surface area (Å²) < 4.78 is 26.1.